The molecule has 6 heteroatoms. The number of aryl methyl sites for hydroxylation is 1. The molecule has 0 aliphatic rings. The number of hydrogen-bond donors (Lipinski definition) is 3. The van der Waals surface area contributed by atoms with Crippen molar-refractivity contribution in [1.82, 2.24) is 0 Å². The Morgan fingerprint density at radius 2 is 2.05 bits per heavy atom. The van der Waals surface area contributed by atoms with Gasteiger partial charge in [0.05, 0.1) is 5.69 Å². The summed E-state index contributed by atoms with van der Waals surface area (Å²) in [6, 6.07) is 16.6. The van der Waals surface area contributed by atoms with Crippen LogP contribution in [0.3, 0.4) is 0 Å². The molecule has 6 nitrogen and oxygen atoms in total. The summed E-state index contributed by atoms with van der Waals surface area (Å²) in [6.07, 6.45) is 0. The van der Waals surface area contributed by atoms with Gasteiger partial charge >= 0.3 is 0 Å². The van der Waals surface area contributed by atoms with Crippen LogP contribution >= 0.6 is 0 Å². The lowest BCUT2D eigenvalue weighted by Crippen LogP contribution is -2.21. The maximum absolute atomic E-state index is 8.84. The molecule has 0 spiro atoms. The SMILES string of the molecule is Cc1cccc(Oc2ccccc2N/N=C(\C#N)C(=N)N)c1. The molecule has 0 unspecified atom stereocenters. The number of nitrogens with zero attached hydrogens (tertiary/aromatic N) is 2. The number of rotatable bonds is 5. The minimum absolute atomic E-state index is 0.189. The Bertz CT molecular complexity index is 761. The molecule has 110 valence electrons. The molecule has 0 atom stereocenters. The summed E-state index contributed by atoms with van der Waals surface area (Å²) in [6.45, 7) is 1.98. The van der Waals surface area contributed by atoms with Gasteiger partial charge in [0.15, 0.2) is 11.6 Å². The zero-order valence-electron chi connectivity index (χ0n) is 12.0. The van der Waals surface area contributed by atoms with Gasteiger partial charge in [-0.25, -0.2) is 0 Å². The molecule has 0 fully saturated rings. The molecular weight excluding hydrogens is 278 g/mol. The molecular formula is C16H15N5O. The van der Waals surface area contributed by atoms with Crippen molar-refractivity contribution in [2.75, 3.05) is 5.43 Å². The van der Waals surface area contributed by atoms with Crippen molar-refractivity contribution in [2.24, 2.45) is 10.8 Å². The van der Waals surface area contributed by atoms with Crippen molar-refractivity contribution in [3.63, 3.8) is 0 Å². The Labute approximate surface area is 128 Å². The molecule has 0 amide bonds. The number of benzene rings is 2. The van der Waals surface area contributed by atoms with E-state index in [1.807, 2.05) is 37.3 Å². The van der Waals surface area contributed by atoms with Gasteiger partial charge in [0.1, 0.15) is 11.8 Å². The Hall–Kier alpha value is -3.33. The number of nitrogens with two attached hydrogens (primary N) is 1. The molecule has 0 saturated heterocycles. The van der Waals surface area contributed by atoms with Crippen LogP contribution in [0.5, 0.6) is 11.5 Å². The monoisotopic (exact) mass is 293 g/mol. The average Bonchev–Trinajstić information content (AvgIpc) is 2.49. The molecule has 2 rings (SSSR count). The number of anilines is 1. The van der Waals surface area contributed by atoms with Gasteiger partial charge in [0.25, 0.3) is 0 Å². The van der Waals surface area contributed by atoms with E-state index in [2.05, 4.69) is 10.5 Å². The fourth-order valence-corrected chi connectivity index (χ4v) is 1.72. The van der Waals surface area contributed by atoms with Gasteiger partial charge in [-0.2, -0.15) is 10.4 Å². The third-order valence-corrected chi connectivity index (χ3v) is 2.75. The Balaban J connectivity index is 2.24. The van der Waals surface area contributed by atoms with Crippen LogP contribution in [0.2, 0.25) is 0 Å². The van der Waals surface area contributed by atoms with Crippen LogP contribution in [-0.4, -0.2) is 11.5 Å². The zero-order chi connectivity index (χ0) is 15.9. The fraction of sp³-hybridized carbons (Fsp3) is 0.0625. The van der Waals surface area contributed by atoms with E-state index in [-0.39, 0.29) is 5.71 Å². The summed E-state index contributed by atoms with van der Waals surface area (Å²) in [7, 11) is 0. The van der Waals surface area contributed by atoms with E-state index in [4.69, 9.17) is 21.1 Å². The highest BCUT2D eigenvalue weighted by atomic mass is 16.5. The van der Waals surface area contributed by atoms with Crippen LogP contribution in [-0.2, 0) is 0 Å². The van der Waals surface area contributed by atoms with Crippen LogP contribution in [0.25, 0.3) is 0 Å². The quantitative estimate of drug-likeness (QED) is 0.447. The van der Waals surface area contributed by atoms with Crippen LogP contribution < -0.4 is 15.9 Å². The summed E-state index contributed by atoms with van der Waals surface area (Å²) in [5.41, 5.74) is 9.41. The number of hydrazone groups is 1. The highest BCUT2D eigenvalue weighted by Crippen LogP contribution is 2.29. The Morgan fingerprint density at radius 3 is 2.73 bits per heavy atom. The van der Waals surface area contributed by atoms with E-state index in [0.717, 1.165) is 5.56 Å². The lowest BCUT2D eigenvalue weighted by Gasteiger charge is -2.11. The number of hydrogen-bond acceptors (Lipinski definition) is 5. The third-order valence-electron chi connectivity index (χ3n) is 2.75. The van der Waals surface area contributed by atoms with Crippen LogP contribution in [0, 0.1) is 23.7 Å². The van der Waals surface area contributed by atoms with Gasteiger partial charge in [-0.1, -0.05) is 24.3 Å². The molecule has 0 radical (unpaired) electrons. The Kier molecular flexibility index (Phi) is 4.73. The highest BCUT2D eigenvalue weighted by molar-refractivity contribution is 6.45. The van der Waals surface area contributed by atoms with Crippen LogP contribution in [0.1, 0.15) is 5.56 Å². The highest BCUT2D eigenvalue weighted by Gasteiger charge is 2.06. The first-order valence-corrected chi connectivity index (χ1v) is 6.52. The first kappa shape index (κ1) is 15.1. The summed E-state index contributed by atoms with van der Waals surface area (Å²) < 4.78 is 5.82. The molecule has 22 heavy (non-hydrogen) atoms. The molecule has 4 N–H and O–H groups in total. The van der Waals surface area contributed by atoms with Gasteiger partial charge in [-0.15, -0.1) is 0 Å². The van der Waals surface area contributed by atoms with Gasteiger partial charge in [-0.05, 0) is 36.8 Å². The minimum Gasteiger partial charge on any atom is -0.455 e. The molecule has 0 aromatic heterocycles. The third kappa shape index (κ3) is 3.84. The van der Waals surface area contributed by atoms with E-state index in [1.165, 1.54) is 0 Å². The fourth-order valence-electron chi connectivity index (χ4n) is 1.72. The van der Waals surface area contributed by atoms with Crippen molar-refractivity contribution in [3.05, 3.63) is 54.1 Å². The molecule has 0 aliphatic carbocycles. The number of amidine groups is 1. The standard InChI is InChI=1S/C16H15N5O/c1-11-5-4-6-12(9-11)22-15-8-3-2-7-13(15)20-21-14(10-17)16(18)19/h2-9,20H,1H3,(H3,18,19)/b21-14+. The topological polar surface area (TPSA) is 107 Å². The van der Waals surface area contributed by atoms with Gasteiger partial charge < -0.3 is 10.5 Å². The zero-order valence-corrected chi connectivity index (χ0v) is 12.0. The minimum atomic E-state index is -0.396. The first-order chi connectivity index (χ1) is 10.6. The number of nitrogens with one attached hydrogen (secondary N) is 2. The number of nitriles is 1. The van der Waals surface area contributed by atoms with E-state index in [9.17, 15) is 0 Å². The van der Waals surface area contributed by atoms with Crippen molar-refractivity contribution < 1.29 is 4.74 Å². The summed E-state index contributed by atoms with van der Waals surface area (Å²) in [5, 5.41) is 19.9. The van der Waals surface area contributed by atoms with Gasteiger partial charge in [0, 0.05) is 0 Å². The maximum atomic E-state index is 8.84. The molecule has 2 aromatic rings. The molecule has 0 heterocycles. The summed E-state index contributed by atoms with van der Waals surface area (Å²) in [4.78, 5) is 0. The van der Waals surface area contributed by atoms with Gasteiger partial charge in [-0.3, -0.25) is 10.8 Å². The number of ether oxygens (including phenoxy) is 1. The summed E-state index contributed by atoms with van der Waals surface area (Å²) >= 11 is 0. The summed E-state index contributed by atoms with van der Waals surface area (Å²) in [5.74, 6) is 0.857. The van der Waals surface area contributed by atoms with Crippen molar-refractivity contribution in [1.29, 1.82) is 10.7 Å². The molecule has 0 bridgehead atoms. The van der Waals surface area contributed by atoms with Crippen LogP contribution in [0.4, 0.5) is 5.69 Å². The maximum Gasteiger partial charge on any atom is 0.201 e. The smallest absolute Gasteiger partial charge is 0.201 e. The lowest BCUT2D eigenvalue weighted by molar-refractivity contribution is 0.484. The van der Waals surface area contributed by atoms with Crippen molar-refractivity contribution >= 4 is 17.2 Å². The molecule has 0 saturated carbocycles. The van der Waals surface area contributed by atoms with E-state index in [0.29, 0.717) is 17.2 Å². The van der Waals surface area contributed by atoms with Crippen molar-refractivity contribution in [3.8, 4) is 17.6 Å². The predicted molar refractivity (Wildman–Crippen MR) is 86.3 cm³/mol. The van der Waals surface area contributed by atoms with Crippen molar-refractivity contribution in [2.45, 2.75) is 6.92 Å². The molecule has 0 aliphatic heterocycles. The number of para-hydroxylation sites is 2. The van der Waals surface area contributed by atoms with E-state index < -0.39 is 5.84 Å². The second kappa shape index (κ2) is 6.90. The van der Waals surface area contributed by atoms with E-state index in [1.54, 1.807) is 24.3 Å². The second-order valence-corrected chi connectivity index (χ2v) is 4.51. The average molecular weight is 293 g/mol. The van der Waals surface area contributed by atoms with E-state index >= 15 is 0 Å². The Morgan fingerprint density at radius 1 is 1.27 bits per heavy atom. The first-order valence-electron chi connectivity index (χ1n) is 6.52. The largest absolute Gasteiger partial charge is 0.455 e. The lowest BCUT2D eigenvalue weighted by atomic mass is 10.2. The normalized spacial score (nSPS) is 10.6. The second-order valence-electron chi connectivity index (χ2n) is 4.51. The predicted octanol–water partition coefficient (Wildman–Crippen LogP) is 3.01. The van der Waals surface area contributed by atoms with Crippen LogP contribution in [0.15, 0.2) is 53.6 Å². The van der Waals surface area contributed by atoms with Gasteiger partial charge in [0.2, 0.25) is 5.71 Å². The molecule has 2 aromatic carbocycles.